The SMILES string of the molecule is OCCc1ccc(-c2ccc(C(F)(F)F)cc2)s1. The van der Waals surface area contributed by atoms with Gasteiger partial charge in [-0.3, -0.25) is 0 Å². The van der Waals surface area contributed by atoms with Gasteiger partial charge < -0.3 is 5.11 Å². The highest BCUT2D eigenvalue weighted by Gasteiger charge is 2.29. The molecule has 0 fully saturated rings. The van der Waals surface area contributed by atoms with Crippen LogP contribution >= 0.6 is 11.3 Å². The van der Waals surface area contributed by atoms with Crippen molar-refractivity contribution in [2.45, 2.75) is 12.6 Å². The van der Waals surface area contributed by atoms with E-state index in [1.165, 1.54) is 23.5 Å². The Morgan fingerprint density at radius 1 is 1.00 bits per heavy atom. The maximum atomic E-state index is 12.4. The number of benzene rings is 1. The standard InChI is InChI=1S/C13H11F3OS/c14-13(15,16)10-3-1-9(2-4-10)12-6-5-11(18-12)7-8-17/h1-6,17H,7-8H2. The zero-order valence-corrected chi connectivity index (χ0v) is 10.2. The molecule has 0 atom stereocenters. The van der Waals surface area contributed by atoms with Crippen molar-refractivity contribution < 1.29 is 18.3 Å². The van der Waals surface area contributed by atoms with Gasteiger partial charge in [0.2, 0.25) is 0 Å². The van der Waals surface area contributed by atoms with Gasteiger partial charge >= 0.3 is 6.18 Å². The summed E-state index contributed by atoms with van der Waals surface area (Å²) in [6, 6.07) is 8.85. The largest absolute Gasteiger partial charge is 0.416 e. The van der Waals surface area contributed by atoms with Crippen molar-refractivity contribution in [3.05, 3.63) is 46.8 Å². The van der Waals surface area contributed by atoms with Gasteiger partial charge in [-0.2, -0.15) is 13.2 Å². The van der Waals surface area contributed by atoms with E-state index in [1.54, 1.807) is 0 Å². The van der Waals surface area contributed by atoms with Gasteiger partial charge in [-0.05, 0) is 29.8 Å². The van der Waals surface area contributed by atoms with Gasteiger partial charge in [0.25, 0.3) is 0 Å². The van der Waals surface area contributed by atoms with Crippen LogP contribution in [0.3, 0.4) is 0 Å². The molecule has 0 saturated heterocycles. The molecule has 0 aliphatic heterocycles. The summed E-state index contributed by atoms with van der Waals surface area (Å²) >= 11 is 1.48. The fraction of sp³-hybridized carbons (Fsp3) is 0.231. The van der Waals surface area contributed by atoms with E-state index in [0.29, 0.717) is 6.42 Å². The van der Waals surface area contributed by atoms with Gasteiger partial charge in [0, 0.05) is 22.8 Å². The molecule has 1 heterocycles. The molecule has 2 aromatic rings. The normalized spacial score (nSPS) is 11.8. The first kappa shape index (κ1) is 13.1. The maximum Gasteiger partial charge on any atom is 0.416 e. The summed E-state index contributed by atoms with van der Waals surface area (Å²) in [7, 11) is 0. The number of hydrogen-bond donors (Lipinski definition) is 1. The van der Waals surface area contributed by atoms with Crippen molar-refractivity contribution >= 4 is 11.3 Å². The van der Waals surface area contributed by atoms with E-state index in [0.717, 1.165) is 27.5 Å². The van der Waals surface area contributed by atoms with E-state index in [9.17, 15) is 13.2 Å². The Balaban J connectivity index is 2.23. The van der Waals surface area contributed by atoms with Crippen LogP contribution in [0.1, 0.15) is 10.4 Å². The Hall–Kier alpha value is -1.33. The molecule has 0 bridgehead atoms. The van der Waals surface area contributed by atoms with Crippen LogP contribution in [0.5, 0.6) is 0 Å². The zero-order chi connectivity index (χ0) is 13.2. The van der Waals surface area contributed by atoms with Crippen LogP contribution in [0.2, 0.25) is 0 Å². The first-order chi connectivity index (χ1) is 8.50. The molecular formula is C13H11F3OS. The second-order valence-corrected chi connectivity index (χ2v) is 4.98. The number of rotatable bonds is 3. The van der Waals surface area contributed by atoms with Crippen LogP contribution in [0.15, 0.2) is 36.4 Å². The molecule has 96 valence electrons. The Morgan fingerprint density at radius 3 is 2.22 bits per heavy atom. The predicted molar refractivity (Wildman–Crippen MR) is 65.5 cm³/mol. The topological polar surface area (TPSA) is 20.2 Å². The highest BCUT2D eigenvalue weighted by atomic mass is 32.1. The number of aliphatic hydroxyl groups is 1. The fourth-order valence-corrected chi connectivity index (χ4v) is 2.60. The number of aliphatic hydroxyl groups excluding tert-OH is 1. The monoisotopic (exact) mass is 272 g/mol. The molecule has 0 unspecified atom stereocenters. The molecule has 5 heteroatoms. The summed E-state index contributed by atoms with van der Waals surface area (Å²) in [5.74, 6) is 0. The van der Waals surface area contributed by atoms with E-state index in [2.05, 4.69) is 0 Å². The molecule has 0 saturated carbocycles. The summed E-state index contributed by atoms with van der Waals surface area (Å²) in [5.41, 5.74) is 0.121. The van der Waals surface area contributed by atoms with Gasteiger partial charge in [0.05, 0.1) is 5.56 Å². The predicted octanol–water partition coefficient (Wildman–Crippen LogP) is 3.97. The molecule has 2 rings (SSSR count). The van der Waals surface area contributed by atoms with E-state index in [4.69, 9.17) is 5.11 Å². The highest BCUT2D eigenvalue weighted by molar-refractivity contribution is 7.15. The van der Waals surface area contributed by atoms with Crippen LogP contribution in [-0.2, 0) is 12.6 Å². The molecule has 0 amide bonds. The molecule has 0 aliphatic carbocycles. The Labute approximate surface area is 107 Å². The fourth-order valence-electron chi connectivity index (χ4n) is 1.60. The van der Waals surface area contributed by atoms with Gasteiger partial charge in [0.15, 0.2) is 0 Å². The first-order valence-corrected chi connectivity index (χ1v) is 6.19. The van der Waals surface area contributed by atoms with E-state index in [1.807, 2.05) is 12.1 Å². The lowest BCUT2D eigenvalue weighted by Crippen LogP contribution is -2.03. The molecule has 0 radical (unpaired) electrons. The number of thiophene rings is 1. The minimum Gasteiger partial charge on any atom is -0.396 e. The van der Waals surface area contributed by atoms with Crippen molar-refractivity contribution in [1.82, 2.24) is 0 Å². The van der Waals surface area contributed by atoms with Crippen LogP contribution in [0.25, 0.3) is 10.4 Å². The molecular weight excluding hydrogens is 261 g/mol. The molecule has 1 N–H and O–H groups in total. The van der Waals surface area contributed by atoms with Gasteiger partial charge in [-0.25, -0.2) is 0 Å². The van der Waals surface area contributed by atoms with Crippen LogP contribution in [0.4, 0.5) is 13.2 Å². The van der Waals surface area contributed by atoms with Crippen molar-refractivity contribution in [2.24, 2.45) is 0 Å². The van der Waals surface area contributed by atoms with Crippen molar-refractivity contribution in [3.8, 4) is 10.4 Å². The second-order valence-electron chi connectivity index (χ2n) is 3.81. The third-order valence-electron chi connectivity index (χ3n) is 2.52. The summed E-state index contributed by atoms with van der Waals surface area (Å²) < 4.78 is 37.2. The second kappa shape index (κ2) is 5.12. The maximum absolute atomic E-state index is 12.4. The number of halogens is 3. The van der Waals surface area contributed by atoms with E-state index < -0.39 is 11.7 Å². The van der Waals surface area contributed by atoms with E-state index in [-0.39, 0.29) is 6.61 Å². The number of alkyl halides is 3. The first-order valence-electron chi connectivity index (χ1n) is 5.38. The quantitative estimate of drug-likeness (QED) is 0.896. The summed E-state index contributed by atoms with van der Waals surface area (Å²) in [6.45, 7) is 0.0764. The highest BCUT2D eigenvalue weighted by Crippen LogP contribution is 2.33. The smallest absolute Gasteiger partial charge is 0.396 e. The molecule has 18 heavy (non-hydrogen) atoms. The van der Waals surface area contributed by atoms with Crippen LogP contribution in [-0.4, -0.2) is 11.7 Å². The Morgan fingerprint density at radius 2 is 1.67 bits per heavy atom. The zero-order valence-electron chi connectivity index (χ0n) is 9.37. The van der Waals surface area contributed by atoms with Crippen molar-refractivity contribution in [2.75, 3.05) is 6.61 Å². The average molecular weight is 272 g/mol. The Kier molecular flexibility index (Phi) is 3.73. The summed E-state index contributed by atoms with van der Waals surface area (Å²) in [6.07, 6.45) is -3.72. The summed E-state index contributed by atoms with van der Waals surface area (Å²) in [5, 5.41) is 8.81. The van der Waals surface area contributed by atoms with Crippen LogP contribution in [0, 0.1) is 0 Å². The van der Waals surface area contributed by atoms with Gasteiger partial charge in [-0.1, -0.05) is 12.1 Å². The lowest BCUT2D eigenvalue weighted by molar-refractivity contribution is -0.137. The van der Waals surface area contributed by atoms with Crippen molar-refractivity contribution in [3.63, 3.8) is 0 Å². The van der Waals surface area contributed by atoms with E-state index >= 15 is 0 Å². The third-order valence-corrected chi connectivity index (χ3v) is 3.71. The molecule has 1 nitrogen and oxygen atoms in total. The minimum atomic E-state index is -4.30. The van der Waals surface area contributed by atoms with Crippen LogP contribution < -0.4 is 0 Å². The number of hydrogen-bond acceptors (Lipinski definition) is 2. The lowest BCUT2D eigenvalue weighted by Gasteiger charge is -2.06. The summed E-state index contributed by atoms with van der Waals surface area (Å²) in [4.78, 5) is 1.93. The molecule has 0 spiro atoms. The third kappa shape index (κ3) is 2.91. The lowest BCUT2D eigenvalue weighted by atomic mass is 10.1. The molecule has 1 aromatic carbocycles. The molecule has 1 aromatic heterocycles. The van der Waals surface area contributed by atoms with Gasteiger partial charge in [0.1, 0.15) is 0 Å². The average Bonchev–Trinajstić information content (AvgIpc) is 2.77. The van der Waals surface area contributed by atoms with Gasteiger partial charge in [-0.15, -0.1) is 11.3 Å². The van der Waals surface area contributed by atoms with Crippen molar-refractivity contribution in [1.29, 1.82) is 0 Å². The Bertz CT molecular complexity index is 514. The molecule has 0 aliphatic rings. The minimum absolute atomic E-state index is 0.0764.